The highest BCUT2D eigenvalue weighted by Crippen LogP contribution is 2.13. The zero-order valence-corrected chi connectivity index (χ0v) is 7.15. The summed E-state index contributed by atoms with van der Waals surface area (Å²) in [6.45, 7) is 3.12. The lowest BCUT2D eigenvalue weighted by atomic mass is 10.0. The average molecular weight is 189 g/mol. The van der Waals surface area contributed by atoms with Gasteiger partial charge in [0.25, 0.3) is 0 Å². The van der Waals surface area contributed by atoms with Crippen LogP contribution >= 0.6 is 0 Å². The summed E-state index contributed by atoms with van der Waals surface area (Å²) in [5, 5.41) is 8.91. The number of ether oxygens (including phenoxy) is 1. The first-order chi connectivity index (χ1) is 6.02. The smallest absolute Gasteiger partial charge is 0.325 e. The van der Waals surface area contributed by atoms with E-state index in [2.05, 4.69) is 22.1 Å². The molecule has 0 heterocycles. The Kier molecular flexibility index (Phi) is 4.53. The molecule has 1 unspecified atom stereocenters. The number of carbonyl (C=O) groups excluding carboxylic acids is 2. The Morgan fingerprint density at radius 3 is 2.46 bits per heavy atom. The van der Waals surface area contributed by atoms with Crippen molar-refractivity contribution in [1.82, 2.24) is 0 Å². The van der Waals surface area contributed by atoms with Gasteiger partial charge in [-0.15, -0.1) is 0 Å². The first-order valence-electron chi connectivity index (χ1n) is 3.38. The fourth-order valence-corrected chi connectivity index (χ4v) is 0.694. The van der Waals surface area contributed by atoms with E-state index in [4.69, 9.17) is 5.11 Å². The molecule has 74 valence electrons. The Hall–Kier alpha value is -1.56. The van der Waals surface area contributed by atoms with E-state index in [1.54, 1.807) is 0 Å². The van der Waals surface area contributed by atoms with Crippen molar-refractivity contribution in [2.45, 2.75) is 6.42 Å². The van der Waals surface area contributed by atoms with Crippen molar-refractivity contribution in [3.8, 4) is 0 Å². The van der Waals surface area contributed by atoms with Crippen LogP contribution < -0.4 is 5.90 Å². The van der Waals surface area contributed by atoms with Gasteiger partial charge in [-0.05, 0) is 0 Å². The summed E-state index contributed by atoms with van der Waals surface area (Å²) >= 11 is 0. The molecular weight excluding hydrogens is 178 g/mol. The number of methoxy groups -OCH3 is 1. The van der Waals surface area contributed by atoms with E-state index < -0.39 is 30.0 Å². The molecule has 6 nitrogen and oxygen atoms in total. The molecule has 0 spiro atoms. The molecule has 13 heavy (non-hydrogen) atoms. The van der Waals surface area contributed by atoms with Crippen LogP contribution in [-0.4, -0.2) is 24.2 Å². The molecule has 0 aromatic heterocycles. The van der Waals surface area contributed by atoms with Gasteiger partial charge in [-0.3, -0.25) is 9.59 Å². The predicted octanol–water partition coefficient (Wildman–Crippen LogP) is -0.346. The summed E-state index contributed by atoms with van der Waals surface area (Å²) in [5.41, 5.74) is 0. The van der Waals surface area contributed by atoms with Crippen molar-refractivity contribution in [1.29, 1.82) is 0 Å². The molecular formula is C7H11NO5. The van der Waals surface area contributed by atoms with E-state index in [1.807, 2.05) is 0 Å². The van der Waals surface area contributed by atoms with Gasteiger partial charge in [-0.25, -0.2) is 0 Å². The molecule has 0 saturated heterocycles. The molecule has 0 aromatic carbocycles. The highest BCUT2D eigenvalue weighted by Gasteiger charge is 2.26. The number of esters is 1. The summed E-state index contributed by atoms with van der Waals surface area (Å²) in [4.78, 5) is 25.4. The second-order valence-corrected chi connectivity index (χ2v) is 2.26. The largest absolute Gasteiger partial charge is 0.512 e. The Bertz CT molecular complexity index is 225. The summed E-state index contributed by atoms with van der Waals surface area (Å²) < 4.78 is 4.31. The van der Waals surface area contributed by atoms with E-state index in [0.717, 1.165) is 7.11 Å². The second-order valence-electron chi connectivity index (χ2n) is 2.26. The molecule has 0 aromatic rings. The van der Waals surface area contributed by atoms with Crippen molar-refractivity contribution in [3.63, 3.8) is 0 Å². The highest BCUT2D eigenvalue weighted by molar-refractivity contribution is 5.81. The normalized spacial score (nSPS) is 11.5. The minimum absolute atomic E-state index is 0.390. The predicted molar refractivity (Wildman–Crippen MR) is 42.2 cm³/mol. The van der Waals surface area contributed by atoms with Gasteiger partial charge in [-0.1, -0.05) is 6.58 Å². The quantitative estimate of drug-likeness (QED) is 0.356. The number of aliphatic hydroxyl groups excluding tert-OH is 1. The summed E-state index contributed by atoms with van der Waals surface area (Å²) in [7, 11) is 1.13. The summed E-state index contributed by atoms with van der Waals surface area (Å²) in [6, 6.07) is 0. The maximum atomic E-state index is 10.9. The van der Waals surface area contributed by atoms with Crippen LogP contribution in [0.4, 0.5) is 0 Å². The minimum atomic E-state index is -1.12. The van der Waals surface area contributed by atoms with E-state index in [0.29, 0.717) is 0 Å². The van der Waals surface area contributed by atoms with Crippen molar-refractivity contribution in [2.75, 3.05) is 7.11 Å². The fraction of sp³-hybridized carbons (Fsp3) is 0.429. The van der Waals surface area contributed by atoms with Crippen LogP contribution in [0, 0.1) is 5.92 Å². The number of nitrogens with two attached hydrogens (primary N) is 1. The molecule has 3 N–H and O–H groups in total. The van der Waals surface area contributed by atoms with E-state index in [9.17, 15) is 9.59 Å². The molecule has 0 aliphatic heterocycles. The van der Waals surface area contributed by atoms with Crippen LogP contribution in [0.1, 0.15) is 6.42 Å². The molecule has 0 saturated carbocycles. The van der Waals surface area contributed by atoms with Crippen LogP contribution in [0.5, 0.6) is 0 Å². The molecule has 6 heteroatoms. The number of carbonyl (C=O) groups is 2. The number of hydrogen-bond donors (Lipinski definition) is 2. The zero-order chi connectivity index (χ0) is 10.4. The van der Waals surface area contributed by atoms with Crippen molar-refractivity contribution in [3.05, 3.63) is 12.3 Å². The Morgan fingerprint density at radius 2 is 2.15 bits per heavy atom. The molecule has 0 fully saturated rings. The van der Waals surface area contributed by atoms with Crippen LogP contribution in [0.2, 0.25) is 0 Å². The molecule has 0 aliphatic rings. The third-order valence-electron chi connectivity index (χ3n) is 1.39. The second kappa shape index (κ2) is 5.15. The summed E-state index contributed by atoms with van der Waals surface area (Å²) in [6.07, 6.45) is -0.390. The first-order valence-corrected chi connectivity index (χ1v) is 3.38. The van der Waals surface area contributed by atoms with Crippen molar-refractivity contribution < 1.29 is 24.3 Å². The highest BCUT2D eigenvalue weighted by atomic mass is 16.7. The summed E-state index contributed by atoms with van der Waals surface area (Å²) in [5.74, 6) is 1.37. The monoisotopic (exact) mass is 189 g/mol. The third kappa shape index (κ3) is 3.57. The Morgan fingerprint density at radius 1 is 1.62 bits per heavy atom. The lowest BCUT2D eigenvalue weighted by molar-refractivity contribution is -0.153. The number of hydrogen-bond acceptors (Lipinski definition) is 6. The van der Waals surface area contributed by atoms with Crippen LogP contribution in [-0.2, 0) is 19.2 Å². The van der Waals surface area contributed by atoms with Crippen molar-refractivity contribution in [2.24, 2.45) is 11.8 Å². The van der Waals surface area contributed by atoms with Crippen LogP contribution in [0.15, 0.2) is 12.3 Å². The molecule has 0 aliphatic carbocycles. The molecule has 1 atom stereocenters. The Balaban J connectivity index is 4.35. The van der Waals surface area contributed by atoms with Gasteiger partial charge in [0.05, 0.1) is 19.3 Å². The van der Waals surface area contributed by atoms with Gasteiger partial charge in [0.2, 0.25) is 0 Å². The van der Waals surface area contributed by atoms with E-state index >= 15 is 0 Å². The average Bonchev–Trinajstić information content (AvgIpc) is 2.11. The van der Waals surface area contributed by atoms with Crippen molar-refractivity contribution >= 4 is 11.9 Å². The standard InChI is InChI=1S/C7H11NO5/c1-4(9)5(7(11)12-2)3-6(10)13-8/h5,9H,1,3,8H2,2H3. The van der Waals surface area contributed by atoms with E-state index in [1.165, 1.54) is 0 Å². The van der Waals surface area contributed by atoms with Gasteiger partial charge in [0.15, 0.2) is 0 Å². The van der Waals surface area contributed by atoms with Gasteiger partial charge < -0.3 is 14.7 Å². The lowest BCUT2D eigenvalue weighted by Crippen LogP contribution is -2.23. The maximum absolute atomic E-state index is 10.9. The zero-order valence-electron chi connectivity index (χ0n) is 7.15. The molecule has 0 radical (unpaired) electrons. The first kappa shape index (κ1) is 11.4. The SMILES string of the molecule is C=C(O)C(CC(=O)ON)C(=O)OC. The molecule has 0 rings (SSSR count). The maximum Gasteiger partial charge on any atom is 0.325 e. The lowest BCUT2D eigenvalue weighted by Gasteiger charge is -2.10. The van der Waals surface area contributed by atoms with Crippen LogP contribution in [0.3, 0.4) is 0 Å². The van der Waals surface area contributed by atoms with Gasteiger partial charge in [-0.2, -0.15) is 5.90 Å². The molecule has 0 amide bonds. The number of aliphatic hydroxyl groups is 1. The van der Waals surface area contributed by atoms with E-state index in [-0.39, 0.29) is 0 Å². The Labute approximate surface area is 74.9 Å². The fourth-order valence-electron chi connectivity index (χ4n) is 0.694. The topological polar surface area (TPSA) is 98.9 Å². The van der Waals surface area contributed by atoms with Gasteiger partial charge >= 0.3 is 11.9 Å². The minimum Gasteiger partial charge on any atom is -0.512 e. The third-order valence-corrected chi connectivity index (χ3v) is 1.39. The van der Waals surface area contributed by atoms with Gasteiger partial charge in [0, 0.05) is 0 Å². The van der Waals surface area contributed by atoms with Crippen LogP contribution in [0.25, 0.3) is 0 Å². The molecule has 0 bridgehead atoms. The number of rotatable bonds is 4. The van der Waals surface area contributed by atoms with Gasteiger partial charge in [0.1, 0.15) is 5.92 Å².